The minimum atomic E-state index is -0.887. The molecule has 1 fully saturated rings. The summed E-state index contributed by atoms with van der Waals surface area (Å²) in [6, 6.07) is 7.10. The van der Waals surface area contributed by atoms with Crippen LogP contribution in [0.2, 0.25) is 5.02 Å². The normalized spacial score (nSPS) is 17.0. The summed E-state index contributed by atoms with van der Waals surface area (Å²) in [4.78, 5) is 29.9. The number of ether oxygens (including phenoxy) is 4. The molecule has 1 amide bonds. The van der Waals surface area contributed by atoms with E-state index in [0.717, 1.165) is 0 Å². The van der Waals surface area contributed by atoms with E-state index in [2.05, 4.69) is 0 Å². The first-order valence-electron chi connectivity index (χ1n) is 11.2. The number of nitrogens with zero attached hydrogens (tertiary/aromatic N) is 2. The first-order chi connectivity index (χ1) is 17.2. The second-order valence-electron chi connectivity index (χ2n) is 8.46. The molecule has 3 rings (SSSR count). The Morgan fingerprint density at radius 3 is 2.08 bits per heavy atom. The Morgan fingerprint density at radius 2 is 1.58 bits per heavy atom. The number of hydrogen-bond donors (Lipinski definition) is 1. The fourth-order valence-electron chi connectivity index (χ4n) is 4.24. The molecule has 0 spiro atoms. The average molecular weight is 519 g/mol. The molecule has 2 aromatic carbocycles. The lowest BCUT2D eigenvalue weighted by Crippen LogP contribution is -2.32. The maximum absolute atomic E-state index is 13.3. The van der Waals surface area contributed by atoms with Gasteiger partial charge in [0, 0.05) is 12.1 Å². The van der Waals surface area contributed by atoms with Gasteiger partial charge in [-0.1, -0.05) is 11.6 Å². The van der Waals surface area contributed by atoms with E-state index in [0.29, 0.717) is 48.1 Å². The van der Waals surface area contributed by atoms with E-state index in [1.54, 1.807) is 24.3 Å². The van der Waals surface area contributed by atoms with Gasteiger partial charge in [0.25, 0.3) is 11.7 Å². The Hall–Kier alpha value is -3.43. The fraction of sp³-hybridized carbons (Fsp3) is 0.385. The van der Waals surface area contributed by atoms with Gasteiger partial charge in [-0.05, 0) is 63.0 Å². The second kappa shape index (κ2) is 11.5. The van der Waals surface area contributed by atoms with Crippen molar-refractivity contribution in [3.05, 3.63) is 52.1 Å². The lowest BCUT2D eigenvalue weighted by atomic mass is 9.94. The molecule has 0 aromatic heterocycles. The molecule has 1 atom stereocenters. The summed E-state index contributed by atoms with van der Waals surface area (Å²) >= 11 is 6.27. The number of hydrogen-bond acceptors (Lipinski definition) is 8. The number of amides is 1. The Kier molecular flexibility index (Phi) is 8.70. The lowest BCUT2D eigenvalue weighted by Gasteiger charge is -2.27. The van der Waals surface area contributed by atoms with Crippen molar-refractivity contribution in [2.45, 2.75) is 12.5 Å². The van der Waals surface area contributed by atoms with Crippen LogP contribution in [0.4, 0.5) is 0 Å². The molecule has 0 bridgehead atoms. The van der Waals surface area contributed by atoms with Crippen molar-refractivity contribution in [2.75, 3.05) is 55.6 Å². The molecule has 9 nitrogen and oxygen atoms in total. The van der Waals surface area contributed by atoms with Crippen LogP contribution in [-0.2, 0) is 9.59 Å². The monoisotopic (exact) mass is 518 g/mol. The van der Waals surface area contributed by atoms with E-state index in [1.165, 1.54) is 39.4 Å². The Labute approximate surface area is 215 Å². The number of aliphatic hydroxyl groups is 1. The van der Waals surface area contributed by atoms with Crippen molar-refractivity contribution in [3.8, 4) is 23.0 Å². The summed E-state index contributed by atoms with van der Waals surface area (Å²) in [7, 11) is 9.78. The molecule has 0 aliphatic carbocycles. The third kappa shape index (κ3) is 5.22. The number of carbonyl (C=O) groups is 2. The molecular formula is C26H31ClN2O7. The number of likely N-dealkylation sites (tertiary alicyclic amines) is 1. The van der Waals surface area contributed by atoms with E-state index in [-0.39, 0.29) is 21.9 Å². The fourth-order valence-corrected chi connectivity index (χ4v) is 4.50. The van der Waals surface area contributed by atoms with Crippen LogP contribution in [-0.4, -0.2) is 82.2 Å². The summed E-state index contributed by atoms with van der Waals surface area (Å²) in [6.45, 7) is 1.00. The number of carbonyl (C=O) groups excluding carboxylic acids is 2. The van der Waals surface area contributed by atoms with Gasteiger partial charge in [0.15, 0.2) is 11.5 Å². The van der Waals surface area contributed by atoms with E-state index < -0.39 is 17.7 Å². The molecule has 0 saturated carbocycles. The molecule has 1 saturated heterocycles. The van der Waals surface area contributed by atoms with Gasteiger partial charge in [-0.25, -0.2) is 0 Å². The zero-order valence-corrected chi connectivity index (χ0v) is 22.0. The average Bonchev–Trinajstić information content (AvgIpc) is 3.12. The quantitative estimate of drug-likeness (QED) is 0.288. The number of methoxy groups -OCH3 is 4. The van der Waals surface area contributed by atoms with Crippen molar-refractivity contribution in [3.63, 3.8) is 0 Å². The van der Waals surface area contributed by atoms with Crippen LogP contribution in [0.1, 0.15) is 23.6 Å². The highest BCUT2D eigenvalue weighted by atomic mass is 35.5. The van der Waals surface area contributed by atoms with Gasteiger partial charge in [0.2, 0.25) is 5.75 Å². The number of halogens is 1. The first kappa shape index (κ1) is 27.2. The Morgan fingerprint density at radius 1 is 0.972 bits per heavy atom. The van der Waals surface area contributed by atoms with Crippen molar-refractivity contribution >= 4 is 29.1 Å². The number of Topliss-reactive ketones (excluding diaryl/α,β-unsaturated/α-hetero) is 1. The van der Waals surface area contributed by atoms with Gasteiger partial charge in [-0.2, -0.15) is 0 Å². The largest absolute Gasteiger partial charge is 0.507 e. The van der Waals surface area contributed by atoms with Gasteiger partial charge in [-0.3, -0.25) is 9.59 Å². The van der Waals surface area contributed by atoms with Crippen LogP contribution in [0.15, 0.2) is 35.9 Å². The molecular weight excluding hydrogens is 488 g/mol. The zero-order chi connectivity index (χ0) is 26.6. The van der Waals surface area contributed by atoms with Crippen molar-refractivity contribution < 1.29 is 33.6 Å². The van der Waals surface area contributed by atoms with Gasteiger partial charge in [0.05, 0.1) is 45.1 Å². The first-order valence-corrected chi connectivity index (χ1v) is 11.6. The van der Waals surface area contributed by atoms with Gasteiger partial charge in [-0.15, -0.1) is 0 Å². The van der Waals surface area contributed by atoms with Crippen molar-refractivity contribution in [1.29, 1.82) is 0 Å². The smallest absolute Gasteiger partial charge is 0.295 e. The van der Waals surface area contributed by atoms with E-state index in [9.17, 15) is 14.7 Å². The van der Waals surface area contributed by atoms with Gasteiger partial charge in [0.1, 0.15) is 11.5 Å². The standard InChI is InChI=1S/C26H31ClN2O7/c1-28(2)10-7-11-29-22(16-13-19(34-4)25(36-6)20(14-16)35-5)21(24(31)26(29)32)23(30)15-8-9-18(33-3)17(27)12-15/h8-9,12-14,22,30H,7,10-11H2,1-6H3/b23-21+/t22-/m1/s1. The highest BCUT2D eigenvalue weighted by Gasteiger charge is 2.46. The third-order valence-electron chi connectivity index (χ3n) is 5.97. The van der Waals surface area contributed by atoms with Crippen LogP contribution >= 0.6 is 11.6 Å². The SMILES string of the molecule is COc1ccc(/C(O)=C2\C(=O)C(=O)N(CCCN(C)C)[C@@H]2c2cc(OC)c(OC)c(OC)c2)cc1Cl. The molecule has 2 aromatic rings. The minimum absolute atomic E-state index is 0.0552. The molecule has 10 heteroatoms. The third-order valence-corrected chi connectivity index (χ3v) is 6.27. The molecule has 194 valence electrons. The molecule has 0 unspecified atom stereocenters. The molecule has 36 heavy (non-hydrogen) atoms. The Bertz CT molecular complexity index is 1150. The summed E-state index contributed by atoms with van der Waals surface area (Å²) in [5.74, 6) is -0.325. The van der Waals surface area contributed by atoms with Crippen LogP contribution in [0, 0.1) is 0 Å². The number of benzene rings is 2. The van der Waals surface area contributed by atoms with E-state index in [4.69, 9.17) is 30.5 Å². The maximum atomic E-state index is 13.3. The number of aliphatic hydroxyl groups excluding tert-OH is 1. The number of rotatable bonds is 10. The van der Waals surface area contributed by atoms with Crippen molar-refractivity contribution in [1.82, 2.24) is 9.80 Å². The van der Waals surface area contributed by atoms with E-state index in [1.807, 2.05) is 19.0 Å². The predicted octanol–water partition coefficient (Wildman–Crippen LogP) is 3.75. The van der Waals surface area contributed by atoms with Crippen LogP contribution in [0.5, 0.6) is 23.0 Å². The van der Waals surface area contributed by atoms with Crippen LogP contribution < -0.4 is 18.9 Å². The van der Waals surface area contributed by atoms with Gasteiger partial charge < -0.3 is 33.9 Å². The maximum Gasteiger partial charge on any atom is 0.295 e. The van der Waals surface area contributed by atoms with Crippen molar-refractivity contribution in [2.24, 2.45) is 0 Å². The second-order valence-corrected chi connectivity index (χ2v) is 8.86. The number of ketones is 1. The summed E-state index contributed by atoms with van der Waals surface area (Å²) in [5, 5.41) is 11.6. The van der Waals surface area contributed by atoms with E-state index >= 15 is 0 Å². The topological polar surface area (TPSA) is 97.8 Å². The molecule has 1 N–H and O–H groups in total. The summed E-state index contributed by atoms with van der Waals surface area (Å²) in [5.41, 5.74) is 0.750. The molecule has 0 radical (unpaired) electrons. The predicted molar refractivity (Wildman–Crippen MR) is 136 cm³/mol. The van der Waals surface area contributed by atoms with Crippen LogP contribution in [0.25, 0.3) is 5.76 Å². The summed E-state index contributed by atoms with van der Waals surface area (Å²) in [6.07, 6.45) is 0.620. The van der Waals surface area contributed by atoms with Gasteiger partial charge >= 0.3 is 0 Å². The molecule has 1 aliphatic heterocycles. The highest BCUT2D eigenvalue weighted by Crippen LogP contribution is 2.46. The van der Waals surface area contributed by atoms with Crippen LogP contribution in [0.3, 0.4) is 0 Å². The summed E-state index contributed by atoms with van der Waals surface area (Å²) < 4.78 is 21.6. The highest BCUT2D eigenvalue weighted by molar-refractivity contribution is 6.46. The lowest BCUT2D eigenvalue weighted by molar-refractivity contribution is -0.139. The molecule has 1 aliphatic rings. The zero-order valence-electron chi connectivity index (χ0n) is 21.3. The Balaban J connectivity index is 2.23. The molecule has 1 heterocycles. The minimum Gasteiger partial charge on any atom is -0.507 e.